The second kappa shape index (κ2) is 8.48. The van der Waals surface area contributed by atoms with E-state index in [1.165, 1.54) is 0 Å². The molecular formula is C25H22N2O2. The Hall–Kier alpha value is -3.79. The summed E-state index contributed by atoms with van der Waals surface area (Å²) in [5, 5.41) is 0. The largest absolute Gasteiger partial charge is 0.497 e. The average molecular weight is 382 g/mol. The van der Waals surface area contributed by atoms with Crippen LogP contribution in [-0.4, -0.2) is 24.2 Å². The molecule has 0 spiro atoms. The molecule has 3 aromatic carbocycles. The van der Waals surface area contributed by atoms with Crippen LogP contribution in [0.3, 0.4) is 0 Å². The van der Waals surface area contributed by atoms with Crippen molar-refractivity contribution in [1.29, 1.82) is 0 Å². The highest BCUT2D eigenvalue weighted by Crippen LogP contribution is 2.32. The van der Waals surface area contributed by atoms with Crippen molar-refractivity contribution in [2.45, 2.75) is 0 Å². The van der Waals surface area contributed by atoms with E-state index >= 15 is 0 Å². The van der Waals surface area contributed by atoms with E-state index in [-0.39, 0.29) is 0 Å². The first kappa shape index (κ1) is 18.6. The molecule has 0 unspecified atom stereocenters. The van der Waals surface area contributed by atoms with Gasteiger partial charge in [-0.25, -0.2) is 4.98 Å². The number of aromatic nitrogens is 2. The Balaban J connectivity index is 1.75. The highest BCUT2D eigenvalue weighted by molar-refractivity contribution is 5.81. The summed E-state index contributed by atoms with van der Waals surface area (Å²) < 4.78 is 10.6. The number of benzene rings is 3. The van der Waals surface area contributed by atoms with Crippen molar-refractivity contribution in [3.05, 3.63) is 90.3 Å². The number of nitrogens with zero attached hydrogens (tertiary/aromatic N) is 1. The summed E-state index contributed by atoms with van der Waals surface area (Å²) in [5.74, 6) is 2.44. The Morgan fingerprint density at radius 1 is 0.690 bits per heavy atom. The van der Waals surface area contributed by atoms with E-state index in [1.807, 2.05) is 72.8 Å². The van der Waals surface area contributed by atoms with Crippen molar-refractivity contribution in [2.24, 2.45) is 0 Å². The molecule has 0 fully saturated rings. The van der Waals surface area contributed by atoms with Crippen molar-refractivity contribution in [3.8, 4) is 34.0 Å². The van der Waals surface area contributed by atoms with Gasteiger partial charge in [-0.15, -0.1) is 0 Å². The standard InChI is InChI=1S/C25H22N2O2/c1-28-21-13-9-19(10-14-21)24-25(20-11-15-22(29-2)16-12-20)27-23(26-24)17-8-18-6-4-3-5-7-18/h3-17H,1-2H3,(H,26,27). The molecule has 0 bridgehead atoms. The molecule has 0 aliphatic heterocycles. The molecule has 4 aromatic rings. The monoisotopic (exact) mass is 382 g/mol. The minimum atomic E-state index is 0.797. The van der Waals surface area contributed by atoms with Crippen molar-refractivity contribution >= 4 is 12.2 Å². The number of hydrogen-bond donors (Lipinski definition) is 1. The number of ether oxygens (including phenoxy) is 2. The molecule has 4 heteroatoms. The highest BCUT2D eigenvalue weighted by atomic mass is 16.5. The molecule has 1 heterocycles. The molecule has 4 nitrogen and oxygen atoms in total. The summed E-state index contributed by atoms with van der Waals surface area (Å²) in [4.78, 5) is 8.32. The smallest absolute Gasteiger partial charge is 0.131 e. The van der Waals surface area contributed by atoms with Crippen LogP contribution in [0.4, 0.5) is 0 Å². The van der Waals surface area contributed by atoms with Crippen LogP contribution < -0.4 is 9.47 Å². The molecule has 0 aliphatic carbocycles. The summed E-state index contributed by atoms with van der Waals surface area (Å²) in [6.45, 7) is 0. The molecule has 1 N–H and O–H groups in total. The summed E-state index contributed by atoms with van der Waals surface area (Å²) in [6, 6.07) is 26.1. The van der Waals surface area contributed by atoms with Crippen molar-refractivity contribution in [3.63, 3.8) is 0 Å². The molecule has 0 aliphatic rings. The SMILES string of the molecule is COc1ccc(-c2nc(C=Cc3ccccc3)[nH]c2-c2ccc(OC)cc2)cc1. The van der Waals surface area contributed by atoms with Gasteiger partial charge < -0.3 is 14.5 Å². The molecular weight excluding hydrogens is 360 g/mol. The van der Waals surface area contributed by atoms with Crippen LogP contribution >= 0.6 is 0 Å². The molecule has 0 amide bonds. The minimum absolute atomic E-state index is 0.797. The van der Waals surface area contributed by atoms with E-state index in [4.69, 9.17) is 14.5 Å². The van der Waals surface area contributed by atoms with Gasteiger partial charge in [0.1, 0.15) is 17.3 Å². The topological polar surface area (TPSA) is 47.1 Å². The Kier molecular flexibility index (Phi) is 5.43. The molecule has 144 valence electrons. The van der Waals surface area contributed by atoms with Gasteiger partial charge >= 0.3 is 0 Å². The van der Waals surface area contributed by atoms with Crippen molar-refractivity contribution in [2.75, 3.05) is 14.2 Å². The average Bonchev–Trinajstić information content (AvgIpc) is 3.23. The first-order chi connectivity index (χ1) is 14.3. The molecule has 4 rings (SSSR count). The van der Waals surface area contributed by atoms with Gasteiger partial charge in [-0.3, -0.25) is 0 Å². The van der Waals surface area contributed by atoms with Crippen molar-refractivity contribution < 1.29 is 9.47 Å². The summed E-state index contributed by atoms with van der Waals surface area (Å²) >= 11 is 0. The lowest BCUT2D eigenvalue weighted by Gasteiger charge is -2.06. The predicted octanol–water partition coefficient (Wildman–Crippen LogP) is 5.93. The van der Waals surface area contributed by atoms with Crippen LogP contribution in [0.15, 0.2) is 78.9 Å². The molecule has 0 saturated carbocycles. The van der Waals surface area contributed by atoms with Crippen LogP contribution in [-0.2, 0) is 0 Å². The maximum absolute atomic E-state index is 5.29. The van der Waals surface area contributed by atoms with Gasteiger partial charge in [0, 0.05) is 11.1 Å². The highest BCUT2D eigenvalue weighted by Gasteiger charge is 2.13. The Morgan fingerprint density at radius 2 is 1.28 bits per heavy atom. The maximum Gasteiger partial charge on any atom is 0.131 e. The molecule has 0 atom stereocenters. The van der Waals surface area contributed by atoms with Crippen LogP contribution in [0, 0.1) is 0 Å². The van der Waals surface area contributed by atoms with Gasteiger partial charge in [-0.1, -0.05) is 36.4 Å². The minimum Gasteiger partial charge on any atom is -0.497 e. The lowest BCUT2D eigenvalue weighted by molar-refractivity contribution is 0.414. The normalized spacial score (nSPS) is 11.0. The molecule has 1 aromatic heterocycles. The van der Waals surface area contributed by atoms with E-state index in [9.17, 15) is 0 Å². The van der Waals surface area contributed by atoms with Crippen molar-refractivity contribution in [1.82, 2.24) is 9.97 Å². The summed E-state index contributed by atoms with van der Waals surface area (Å²) in [5.41, 5.74) is 5.05. The van der Waals surface area contributed by atoms with E-state index in [0.717, 1.165) is 45.4 Å². The van der Waals surface area contributed by atoms with Gasteiger partial charge in [0.15, 0.2) is 0 Å². The third-order valence-corrected chi connectivity index (χ3v) is 4.70. The zero-order valence-corrected chi connectivity index (χ0v) is 16.4. The fourth-order valence-corrected chi connectivity index (χ4v) is 3.13. The Labute approximate surface area is 170 Å². The Morgan fingerprint density at radius 3 is 1.86 bits per heavy atom. The molecule has 29 heavy (non-hydrogen) atoms. The van der Waals surface area contributed by atoms with Crippen LogP contribution in [0.25, 0.3) is 34.7 Å². The van der Waals surface area contributed by atoms with Gasteiger partial charge in [0.05, 0.1) is 25.6 Å². The first-order valence-electron chi connectivity index (χ1n) is 9.39. The number of imidazole rings is 1. The zero-order valence-electron chi connectivity index (χ0n) is 16.4. The third kappa shape index (κ3) is 4.22. The lowest BCUT2D eigenvalue weighted by atomic mass is 10.0. The van der Waals surface area contributed by atoms with Crippen LogP contribution in [0.5, 0.6) is 11.5 Å². The number of aromatic amines is 1. The van der Waals surface area contributed by atoms with E-state index in [2.05, 4.69) is 23.2 Å². The maximum atomic E-state index is 5.29. The zero-order chi connectivity index (χ0) is 20.1. The Bertz CT molecular complexity index is 1030. The number of hydrogen-bond acceptors (Lipinski definition) is 3. The molecule has 0 saturated heterocycles. The fourth-order valence-electron chi connectivity index (χ4n) is 3.13. The summed E-state index contributed by atoms with van der Waals surface area (Å²) in [7, 11) is 3.33. The number of nitrogens with one attached hydrogen (secondary N) is 1. The van der Waals surface area contributed by atoms with Gasteiger partial charge in [-0.05, 0) is 60.2 Å². The lowest BCUT2D eigenvalue weighted by Crippen LogP contribution is -1.87. The van der Waals surface area contributed by atoms with Gasteiger partial charge in [0.2, 0.25) is 0 Å². The predicted molar refractivity (Wildman–Crippen MR) is 118 cm³/mol. The molecule has 0 radical (unpaired) electrons. The van der Waals surface area contributed by atoms with Crippen LogP contribution in [0.2, 0.25) is 0 Å². The van der Waals surface area contributed by atoms with Gasteiger partial charge in [-0.2, -0.15) is 0 Å². The second-order valence-corrected chi connectivity index (χ2v) is 6.55. The number of methoxy groups -OCH3 is 2. The van der Waals surface area contributed by atoms with E-state index in [0.29, 0.717) is 0 Å². The number of H-pyrrole nitrogens is 1. The van der Waals surface area contributed by atoms with Crippen LogP contribution in [0.1, 0.15) is 11.4 Å². The number of rotatable bonds is 6. The summed E-state index contributed by atoms with van der Waals surface area (Å²) in [6.07, 6.45) is 4.05. The third-order valence-electron chi connectivity index (χ3n) is 4.70. The van der Waals surface area contributed by atoms with Gasteiger partial charge in [0.25, 0.3) is 0 Å². The second-order valence-electron chi connectivity index (χ2n) is 6.55. The fraction of sp³-hybridized carbons (Fsp3) is 0.0800. The first-order valence-corrected chi connectivity index (χ1v) is 9.39. The van der Waals surface area contributed by atoms with E-state index in [1.54, 1.807) is 14.2 Å². The quantitative estimate of drug-likeness (QED) is 0.449. The van der Waals surface area contributed by atoms with E-state index < -0.39 is 0 Å².